The van der Waals surface area contributed by atoms with Crippen LogP contribution in [0.3, 0.4) is 0 Å². The number of carbonyl (C=O) groups excluding carboxylic acids is 3. The van der Waals surface area contributed by atoms with Gasteiger partial charge in [-0.25, -0.2) is 4.98 Å². The largest absolute Gasteiger partial charge is 0.496 e. The van der Waals surface area contributed by atoms with Crippen molar-refractivity contribution >= 4 is 46.0 Å². The van der Waals surface area contributed by atoms with Crippen LogP contribution in [0.5, 0.6) is 5.75 Å². The minimum atomic E-state index is -0.173. The molecule has 8 nitrogen and oxygen atoms in total. The molecule has 1 atom stereocenters. The Labute approximate surface area is 195 Å². The monoisotopic (exact) mass is 474 g/mol. The lowest BCUT2D eigenvalue weighted by Crippen LogP contribution is -2.40. The lowest BCUT2D eigenvalue weighted by molar-refractivity contribution is -0.125. The SMILES string of the molecule is C=CC(=O)N1CCC(N(C)C(=O)c2cc(Sc3cnc(NC(C)=O)s3)c(C)cc2OC)C1. The van der Waals surface area contributed by atoms with Crippen molar-refractivity contribution in [3.8, 4) is 5.75 Å². The van der Waals surface area contributed by atoms with E-state index in [1.807, 2.05) is 19.1 Å². The summed E-state index contributed by atoms with van der Waals surface area (Å²) in [5, 5.41) is 3.21. The molecule has 0 saturated carbocycles. The van der Waals surface area contributed by atoms with E-state index in [1.165, 1.54) is 36.1 Å². The number of amides is 3. The predicted octanol–water partition coefficient (Wildman–Crippen LogP) is 3.43. The number of likely N-dealkylation sites (tertiary alicyclic amines) is 1. The maximum Gasteiger partial charge on any atom is 0.257 e. The first-order valence-electron chi connectivity index (χ1n) is 10.0. The normalized spacial score (nSPS) is 15.4. The maximum absolute atomic E-state index is 13.4. The lowest BCUT2D eigenvalue weighted by Gasteiger charge is -2.26. The van der Waals surface area contributed by atoms with Gasteiger partial charge in [-0.1, -0.05) is 29.7 Å². The Bertz CT molecular complexity index is 1050. The summed E-state index contributed by atoms with van der Waals surface area (Å²) in [7, 11) is 3.30. The van der Waals surface area contributed by atoms with Gasteiger partial charge in [0.1, 0.15) is 5.75 Å². The summed E-state index contributed by atoms with van der Waals surface area (Å²) in [5.41, 5.74) is 1.42. The first kappa shape index (κ1) is 23.8. The van der Waals surface area contributed by atoms with E-state index in [0.717, 1.165) is 14.7 Å². The number of hydrogen-bond donors (Lipinski definition) is 1. The van der Waals surface area contributed by atoms with Gasteiger partial charge in [0, 0.05) is 32.0 Å². The van der Waals surface area contributed by atoms with Gasteiger partial charge in [-0.3, -0.25) is 14.4 Å². The topological polar surface area (TPSA) is 91.8 Å². The average molecular weight is 475 g/mol. The molecule has 2 heterocycles. The third kappa shape index (κ3) is 5.31. The fourth-order valence-electron chi connectivity index (χ4n) is 3.47. The highest BCUT2D eigenvalue weighted by atomic mass is 32.2. The van der Waals surface area contributed by atoms with Crippen LogP contribution < -0.4 is 10.1 Å². The molecule has 3 amide bonds. The van der Waals surface area contributed by atoms with Crippen LogP contribution in [0.2, 0.25) is 0 Å². The Morgan fingerprint density at radius 3 is 2.81 bits per heavy atom. The number of likely N-dealkylation sites (N-methyl/N-ethyl adjacent to an activating group) is 1. The van der Waals surface area contributed by atoms with E-state index >= 15 is 0 Å². The van der Waals surface area contributed by atoms with Gasteiger partial charge >= 0.3 is 0 Å². The number of nitrogens with one attached hydrogen (secondary N) is 1. The summed E-state index contributed by atoms with van der Waals surface area (Å²) in [4.78, 5) is 45.0. The van der Waals surface area contributed by atoms with Gasteiger partial charge < -0.3 is 19.9 Å². The van der Waals surface area contributed by atoms with Crippen LogP contribution in [0, 0.1) is 6.92 Å². The highest BCUT2D eigenvalue weighted by Crippen LogP contribution is 2.38. The van der Waals surface area contributed by atoms with Crippen molar-refractivity contribution in [1.82, 2.24) is 14.8 Å². The van der Waals surface area contributed by atoms with Crippen molar-refractivity contribution in [3.63, 3.8) is 0 Å². The molecule has 1 N–H and O–H groups in total. The molecule has 0 aliphatic carbocycles. The number of aryl methyl sites for hydroxylation is 1. The average Bonchev–Trinajstić information content (AvgIpc) is 3.42. The molecule has 1 fully saturated rings. The Morgan fingerprint density at radius 1 is 1.41 bits per heavy atom. The highest BCUT2D eigenvalue weighted by Gasteiger charge is 2.31. The zero-order chi connectivity index (χ0) is 23.4. The van der Waals surface area contributed by atoms with Crippen molar-refractivity contribution in [2.45, 2.75) is 35.4 Å². The van der Waals surface area contributed by atoms with Crippen LogP contribution in [0.4, 0.5) is 5.13 Å². The second kappa shape index (κ2) is 10.2. The number of anilines is 1. The van der Waals surface area contributed by atoms with Crippen molar-refractivity contribution in [2.24, 2.45) is 0 Å². The van der Waals surface area contributed by atoms with Crippen LogP contribution in [0.15, 0.2) is 40.1 Å². The van der Waals surface area contributed by atoms with Gasteiger partial charge in [0.05, 0.1) is 29.1 Å². The highest BCUT2D eigenvalue weighted by molar-refractivity contribution is 8.01. The number of ether oxygens (including phenoxy) is 1. The Morgan fingerprint density at radius 2 is 2.16 bits per heavy atom. The standard InChI is InChI=1S/C22H26N4O4S2/c1-6-19(28)26-8-7-15(12-26)25(4)21(29)16-10-18(13(2)9-17(16)30-5)31-20-11-23-22(32-20)24-14(3)27/h6,9-11,15H,1,7-8,12H2,2-5H3,(H,23,24,27). The first-order chi connectivity index (χ1) is 15.2. The van der Waals surface area contributed by atoms with Crippen LogP contribution >= 0.6 is 23.1 Å². The van der Waals surface area contributed by atoms with E-state index in [1.54, 1.807) is 30.2 Å². The number of aromatic nitrogens is 1. The van der Waals surface area contributed by atoms with Gasteiger partial charge in [-0.05, 0) is 37.1 Å². The Hall–Kier alpha value is -2.85. The summed E-state index contributed by atoms with van der Waals surface area (Å²) < 4.78 is 6.39. The molecular weight excluding hydrogens is 448 g/mol. The van der Waals surface area contributed by atoms with Gasteiger partial charge in [-0.2, -0.15) is 0 Å². The second-order valence-electron chi connectivity index (χ2n) is 7.43. The van der Waals surface area contributed by atoms with Gasteiger partial charge in [0.15, 0.2) is 5.13 Å². The summed E-state index contributed by atoms with van der Waals surface area (Å²) in [5.74, 6) is 0.0460. The molecule has 1 aliphatic rings. The van der Waals surface area contributed by atoms with Crippen molar-refractivity contribution in [1.29, 1.82) is 0 Å². The Kier molecular flexibility index (Phi) is 7.57. The van der Waals surface area contributed by atoms with Gasteiger partial charge in [0.25, 0.3) is 5.91 Å². The molecule has 0 radical (unpaired) electrons. The Balaban J connectivity index is 1.82. The molecule has 1 unspecified atom stereocenters. The summed E-state index contributed by atoms with van der Waals surface area (Å²) >= 11 is 2.85. The van der Waals surface area contributed by atoms with E-state index in [2.05, 4.69) is 16.9 Å². The predicted molar refractivity (Wildman–Crippen MR) is 126 cm³/mol. The quantitative estimate of drug-likeness (QED) is 0.618. The van der Waals surface area contributed by atoms with Crippen molar-refractivity contribution < 1.29 is 19.1 Å². The number of rotatable bonds is 7. The van der Waals surface area contributed by atoms with Crippen molar-refractivity contribution in [2.75, 3.05) is 32.6 Å². The van der Waals surface area contributed by atoms with E-state index in [0.29, 0.717) is 36.0 Å². The van der Waals surface area contributed by atoms with E-state index in [4.69, 9.17) is 4.74 Å². The molecular formula is C22H26N4O4S2. The third-order valence-electron chi connectivity index (χ3n) is 5.22. The number of thiazole rings is 1. The van der Waals surface area contributed by atoms with E-state index in [9.17, 15) is 14.4 Å². The van der Waals surface area contributed by atoms with Crippen LogP contribution in [-0.2, 0) is 9.59 Å². The molecule has 32 heavy (non-hydrogen) atoms. The van der Waals surface area contributed by atoms with Crippen LogP contribution in [-0.4, -0.2) is 65.8 Å². The van der Waals surface area contributed by atoms with Crippen molar-refractivity contribution in [3.05, 3.63) is 42.1 Å². The van der Waals surface area contributed by atoms with E-state index in [-0.39, 0.29) is 23.8 Å². The first-order valence-corrected chi connectivity index (χ1v) is 11.6. The minimum Gasteiger partial charge on any atom is -0.496 e. The molecule has 3 rings (SSSR count). The zero-order valence-corrected chi connectivity index (χ0v) is 20.1. The smallest absolute Gasteiger partial charge is 0.257 e. The number of carbonyl (C=O) groups is 3. The zero-order valence-electron chi connectivity index (χ0n) is 18.5. The third-order valence-corrected chi connectivity index (χ3v) is 7.40. The van der Waals surface area contributed by atoms with E-state index < -0.39 is 0 Å². The number of nitrogens with zero attached hydrogens (tertiary/aromatic N) is 3. The minimum absolute atomic E-state index is 0.0739. The fraction of sp³-hybridized carbons (Fsp3) is 0.364. The van der Waals surface area contributed by atoms with Gasteiger partial charge in [-0.15, -0.1) is 0 Å². The molecule has 2 aromatic rings. The molecule has 0 spiro atoms. The fourth-order valence-corrected chi connectivity index (χ4v) is 5.46. The van der Waals surface area contributed by atoms with Crippen LogP contribution in [0.25, 0.3) is 0 Å². The number of benzene rings is 1. The molecule has 170 valence electrons. The molecule has 0 bridgehead atoms. The molecule has 1 saturated heterocycles. The summed E-state index contributed by atoms with van der Waals surface area (Å²) in [6.45, 7) is 8.00. The summed E-state index contributed by atoms with van der Waals surface area (Å²) in [6.07, 6.45) is 3.71. The number of hydrogen-bond acceptors (Lipinski definition) is 7. The second-order valence-corrected chi connectivity index (χ2v) is 9.81. The summed E-state index contributed by atoms with van der Waals surface area (Å²) in [6, 6.07) is 3.61. The molecule has 1 aromatic carbocycles. The molecule has 10 heteroatoms. The number of methoxy groups -OCH3 is 1. The molecule has 1 aliphatic heterocycles. The molecule has 1 aromatic heterocycles. The van der Waals surface area contributed by atoms with Crippen LogP contribution in [0.1, 0.15) is 29.3 Å². The van der Waals surface area contributed by atoms with Gasteiger partial charge in [0.2, 0.25) is 11.8 Å². The maximum atomic E-state index is 13.4. The lowest BCUT2D eigenvalue weighted by atomic mass is 10.1.